The number of halogens is 2. The highest BCUT2D eigenvalue weighted by Crippen LogP contribution is 2.31. The van der Waals surface area contributed by atoms with E-state index in [4.69, 9.17) is 33.7 Å². The van der Waals surface area contributed by atoms with E-state index in [1.807, 2.05) is 0 Å². The normalized spacial score (nSPS) is 10.8. The summed E-state index contributed by atoms with van der Waals surface area (Å²) in [6.07, 6.45) is 1.56. The number of hydrogen-bond donors (Lipinski definition) is 2. The van der Waals surface area contributed by atoms with Crippen LogP contribution in [0, 0.1) is 0 Å². The van der Waals surface area contributed by atoms with E-state index in [1.54, 1.807) is 24.4 Å². The summed E-state index contributed by atoms with van der Waals surface area (Å²) in [5.41, 5.74) is 6.10. The number of nitrogen functional groups attached to an aromatic ring is 1. The maximum atomic E-state index is 5.92. The van der Waals surface area contributed by atoms with E-state index >= 15 is 0 Å². The van der Waals surface area contributed by atoms with Gasteiger partial charge in [0.25, 0.3) is 0 Å². The number of fused-ring (bicyclic) bond motifs is 1. The monoisotopic (exact) mass is 295 g/mol. The first kappa shape index (κ1) is 12.0. The van der Waals surface area contributed by atoms with Crippen molar-refractivity contribution in [3.05, 3.63) is 34.4 Å². The number of nitrogens with zero attached hydrogens (tertiary/aromatic N) is 3. The number of nitrogens with one attached hydrogen (secondary N) is 1. The minimum absolute atomic E-state index is 0.0896. The van der Waals surface area contributed by atoms with E-state index in [1.165, 1.54) is 0 Å². The Kier molecular flexibility index (Phi) is 2.88. The topological polar surface area (TPSA) is 89.7 Å². The molecule has 3 N–H and O–H groups in total. The maximum absolute atomic E-state index is 5.92. The average Bonchev–Trinajstić information content (AvgIpc) is 2.82. The number of nitrogens with two attached hydrogens (primary N) is 1. The van der Waals surface area contributed by atoms with Crippen LogP contribution in [0.2, 0.25) is 10.0 Å². The zero-order valence-corrected chi connectivity index (χ0v) is 10.9. The molecule has 2 aromatic heterocycles. The van der Waals surface area contributed by atoms with Gasteiger partial charge in [-0.1, -0.05) is 23.2 Å². The first-order valence-electron chi connectivity index (χ1n) is 5.23. The van der Waals surface area contributed by atoms with Crippen LogP contribution >= 0.6 is 23.2 Å². The van der Waals surface area contributed by atoms with Crippen LogP contribution in [-0.2, 0) is 0 Å². The Bertz CT molecular complexity index is 758. The standard InChI is InChI=1S/C11H7Cl2N5O/c12-7-2-1-5(3-8(7)13)19-10-6-4-15-18-9(6)16-11(14)17-10/h1-4H,(H3,14,15,16,17,18). The summed E-state index contributed by atoms with van der Waals surface area (Å²) < 4.78 is 5.63. The number of anilines is 1. The van der Waals surface area contributed by atoms with Crippen molar-refractivity contribution in [2.24, 2.45) is 0 Å². The van der Waals surface area contributed by atoms with Crippen LogP contribution in [0.25, 0.3) is 11.0 Å². The molecule has 1 aromatic carbocycles. The smallest absolute Gasteiger partial charge is 0.235 e. The van der Waals surface area contributed by atoms with Crippen LogP contribution in [0.1, 0.15) is 0 Å². The summed E-state index contributed by atoms with van der Waals surface area (Å²) in [7, 11) is 0. The van der Waals surface area contributed by atoms with Gasteiger partial charge >= 0.3 is 0 Å². The summed E-state index contributed by atoms with van der Waals surface area (Å²) in [5, 5.41) is 8.03. The van der Waals surface area contributed by atoms with Gasteiger partial charge in [0.05, 0.1) is 16.2 Å². The van der Waals surface area contributed by atoms with Crippen molar-refractivity contribution in [3.8, 4) is 11.6 Å². The predicted molar refractivity (Wildman–Crippen MR) is 72.6 cm³/mol. The summed E-state index contributed by atoms with van der Waals surface area (Å²) in [5.74, 6) is 0.886. The second-order valence-electron chi connectivity index (χ2n) is 3.70. The Hall–Kier alpha value is -2.05. The number of aromatic amines is 1. The largest absolute Gasteiger partial charge is 0.438 e. The Labute approximate surface area is 117 Å². The Morgan fingerprint density at radius 1 is 1.16 bits per heavy atom. The third-order valence-corrected chi connectivity index (χ3v) is 3.14. The van der Waals surface area contributed by atoms with E-state index in [2.05, 4.69) is 20.2 Å². The van der Waals surface area contributed by atoms with E-state index in [9.17, 15) is 0 Å². The molecule has 96 valence electrons. The van der Waals surface area contributed by atoms with Gasteiger partial charge < -0.3 is 10.5 Å². The molecule has 3 aromatic rings. The van der Waals surface area contributed by atoms with Crippen molar-refractivity contribution < 1.29 is 4.74 Å². The molecule has 0 bridgehead atoms. The molecule has 0 unspecified atom stereocenters. The lowest BCUT2D eigenvalue weighted by atomic mass is 10.3. The fourth-order valence-corrected chi connectivity index (χ4v) is 1.84. The molecule has 3 rings (SSSR count). The Balaban J connectivity index is 2.04. The summed E-state index contributed by atoms with van der Waals surface area (Å²) >= 11 is 11.8. The molecule has 8 heteroatoms. The van der Waals surface area contributed by atoms with Crippen LogP contribution in [0.4, 0.5) is 5.95 Å². The van der Waals surface area contributed by atoms with Crippen molar-refractivity contribution in [3.63, 3.8) is 0 Å². The van der Waals surface area contributed by atoms with Gasteiger partial charge in [0.1, 0.15) is 11.1 Å². The fourth-order valence-electron chi connectivity index (χ4n) is 1.55. The van der Waals surface area contributed by atoms with Crippen molar-refractivity contribution in [2.45, 2.75) is 0 Å². The lowest BCUT2D eigenvalue weighted by Crippen LogP contribution is -1.98. The van der Waals surface area contributed by atoms with Crippen molar-refractivity contribution in [2.75, 3.05) is 5.73 Å². The lowest BCUT2D eigenvalue weighted by Gasteiger charge is -2.06. The molecule has 0 atom stereocenters. The zero-order valence-electron chi connectivity index (χ0n) is 9.39. The van der Waals surface area contributed by atoms with Crippen LogP contribution in [-0.4, -0.2) is 20.2 Å². The second-order valence-corrected chi connectivity index (χ2v) is 4.51. The minimum Gasteiger partial charge on any atom is -0.438 e. The van der Waals surface area contributed by atoms with E-state index in [0.29, 0.717) is 32.7 Å². The lowest BCUT2D eigenvalue weighted by molar-refractivity contribution is 0.469. The number of ether oxygens (including phenoxy) is 1. The molecule has 0 aliphatic carbocycles. The summed E-state index contributed by atoms with van der Waals surface area (Å²) in [6, 6.07) is 4.91. The van der Waals surface area contributed by atoms with Gasteiger partial charge in [0.15, 0.2) is 5.65 Å². The molecule has 0 aliphatic rings. The van der Waals surface area contributed by atoms with Gasteiger partial charge in [-0.05, 0) is 12.1 Å². The second kappa shape index (κ2) is 4.56. The number of H-pyrrole nitrogens is 1. The average molecular weight is 296 g/mol. The van der Waals surface area contributed by atoms with Crippen LogP contribution in [0.15, 0.2) is 24.4 Å². The molecule has 0 radical (unpaired) electrons. The molecule has 0 amide bonds. The number of aromatic nitrogens is 4. The molecule has 6 nitrogen and oxygen atoms in total. The molecule has 0 saturated carbocycles. The summed E-state index contributed by atoms with van der Waals surface area (Å²) in [6.45, 7) is 0. The van der Waals surface area contributed by atoms with Crippen LogP contribution in [0.5, 0.6) is 11.6 Å². The van der Waals surface area contributed by atoms with E-state index < -0.39 is 0 Å². The quantitative estimate of drug-likeness (QED) is 0.758. The summed E-state index contributed by atoms with van der Waals surface area (Å²) in [4.78, 5) is 8.02. The van der Waals surface area contributed by atoms with E-state index in [-0.39, 0.29) is 5.95 Å². The van der Waals surface area contributed by atoms with Crippen molar-refractivity contribution >= 4 is 40.2 Å². The third-order valence-electron chi connectivity index (χ3n) is 2.40. The Morgan fingerprint density at radius 3 is 2.79 bits per heavy atom. The maximum Gasteiger partial charge on any atom is 0.235 e. The molecule has 0 spiro atoms. The third kappa shape index (κ3) is 2.27. The fraction of sp³-hybridized carbons (Fsp3) is 0. The molecule has 19 heavy (non-hydrogen) atoms. The van der Waals surface area contributed by atoms with Gasteiger partial charge in [-0.25, -0.2) is 0 Å². The van der Waals surface area contributed by atoms with Gasteiger partial charge in [-0.3, -0.25) is 5.10 Å². The van der Waals surface area contributed by atoms with Gasteiger partial charge in [0.2, 0.25) is 11.8 Å². The highest BCUT2D eigenvalue weighted by Gasteiger charge is 2.11. The first-order valence-corrected chi connectivity index (χ1v) is 5.98. The number of rotatable bonds is 2. The number of hydrogen-bond acceptors (Lipinski definition) is 5. The van der Waals surface area contributed by atoms with Crippen LogP contribution < -0.4 is 10.5 Å². The Morgan fingerprint density at radius 2 is 2.00 bits per heavy atom. The number of benzene rings is 1. The minimum atomic E-state index is 0.0896. The zero-order chi connectivity index (χ0) is 13.4. The predicted octanol–water partition coefficient (Wildman–Crippen LogP) is 3.03. The van der Waals surface area contributed by atoms with E-state index in [0.717, 1.165) is 0 Å². The highest BCUT2D eigenvalue weighted by atomic mass is 35.5. The van der Waals surface area contributed by atoms with Crippen molar-refractivity contribution in [1.82, 2.24) is 20.2 Å². The van der Waals surface area contributed by atoms with Crippen molar-refractivity contribution in [1.29, 1.82) is 0 Å². The highest BCUT2D eigenvalue weighted by molar-refractivity contribution is 6.42. The molecule has 0 aliphatic heterocycles. The van der Waals surface area contributed by atoms with Gasteiger partial charge in [-0.2, -0.15) is 15.1 Å². The van der Waals surface area contributed by atoms with Crippen LogP contribution in [0.3, 0.4) is 0 Å². The molecule has 0 saturated heterocycles. The first-order chi connectivity index (χ1) is 9.13. The molecular formula is C11H7Cl2N5O. The van der Waals surface area contributed by atoms with Gasteiger partial charge in [0, 0.05) is 6.07 Å². The van der Waals surface area contributed by atoms with Gasteiger partial charge in [-0.15, -0.1) is 0 Å². The SMILES string of the molecule is Nc1nc(Oc2ccc(Cl)c(Cl)c2)c2cn[nH]c2n1. The molecular weight excluding hydrogens is 289 g/mol. The molecule has 2 heterocycles. The molecule has 0 fully saturated rings.